The molecule has 1 fully saturated rings. The van der Waals surface area contributed by atoms with E-state index in [1.165, 1.54) is 7.11 Å². The second-order valence-electron chi connectivity index (χ2n) is 5.99. The first-order chi connectivity index (χ1) is 11.4. The highest BCUT2D eigenvalue weighted by molar-refractivity contribution is 7.92. The highest BCUT2D eigenvalue weighted by atomic mass is 32.2. The number of Topliss-reactive ketones (excluding diaryl/α,β-unsaturated/α-hetero) is 1. The van der Waals surface area contributed by atoms with Gasteiger partial charge in [-0.3, -0.25) is 14.4 Å². The van der Waals surface area contributed by atoms with Crippen LogP contribution in [-0.4, -0.2) is 83.2 Å². The number of nitrogens with zero attached hydrogens (tertiary/aromatic N) is 2. The SMILES string of the molecule is COCCS(=O)(=O)Nc1ccc(C(=O)CN2CCN(C)CC2)cc1. The van der Waals surface area contributed by atoms with Crippen LogP contribution in [0, 0.1) is 0 Å². The largest absolute Gasteiger partial charge is 0.384 e. The number of anilines is 1. The Morgan fingerprint density at radius 1 is 1.17 bits per heavy atom. The summed E-state index contributed by atoms with van der Waals surface area (Å²) in [6.07, 6.45) is 0. The van der Waals surface area contributed by atoms with Crippen molar-refractivity contribution in [2.24, 2.45) is 0 Å². The molecule has 8 heteroatoms. The molecule has 24 heavy (non-hydrogen) atoms. The van der Waals surface area contributed by atoms with Crippen molar-refractivity contribution in [3.63, 3.8) is 0 Å². The molecule has 0 aromatic heterocycles. The van der Waals surface area contributed by atoms with E-state index in [2.05, 4.69) is 21.6 Å². The van der Waals surface area contributed by atoms with Crippen LogP contribution in [0.4, 0.5) is 5.69 Å². The first-order valence-corrected chi connectivity index (χ1v) is 9.58. The van der Waals surface area contributed by atoms with Gasteiger partial charge in [0.2, 0.25) is 10.0 Å². The number of hydrogen-bond donors (Lipinski definition) is 1. The van der Waals surface area contributed by atoms with Crippen molar-refractivity contribution in [1.29, 1.82) is 0 Å². The molecule has 0 aliphatic carbocycles. The normalized spacial score (nSPS) is 16.9. The summed E-state index contributed by atoms with van der Waals surface area (Å²) in [6, 6.07) is 6.54. The molecule has 1 aliphatic rings. The molecule has 0 amide bonds. The molecule has 134 valence electrons. The van der Waals surface area contributed by atoms with Gasteiger partial charge in [-0.1, -0.05) is 0 Å². The van der Waals surface area contributed by atoms with Gasteiger partial charge in [0.15, 0.2) is 5.78 Å². The zero-order chi connectivity index (χ0) is 17.6. The molecule has 0 spiro atoms. The van der Waals surface area contributed by atoms with Gasteiger partial charge < -0.3 is 9.64 Å². The van der Waals surface area contributed by atoms with E-state index in [9.17, 15) is 13.2 Å². The zero-order valence-electron chi connectivity index (χ0n) is 14.2. The molecular weight excluding hydrogens is 330 g/mol. The van der Waals surface area contributed by atoms with E-state index in [4.69, 9.17) is 4.74 Å². The number of benzene rings is 1. The summed E-state index contributed by atoms with van der Waals surface area (Å²) < 4.78 is 30.8. The smallest absolute Gasteiger partial charge is 0.234 e. The van der Waals surface area contributed by atoms with Crippen LogP contribution < -0.4 is 4.72 Å². The number of sulfonamides is 1. The van der Waals surface area contributed by atoms with Crippen molar-refractivity contribution in [3.05, 3.63) is 29.8 Å². The van der Waals surface area contributed by atoms with Crippen molar-refractivity contribution in [3.8, 4) is 0 Å². The van der Waals surface area contributed by atoms with Crippen molar-refractivity contribution in [1.82, 2.24) is 9.80 Å². The average Bonchev–Trinajstić information content (AvgIpc) is 2.55. The third-order valence-corrected chi connectivity index (χ3v) is 5.25. The molecule has 0 atom stereocenters. The number of ketones is 1. The zero-order valence-corrected chi connectivity index (χ0v) is 15.0. The predicted molar refractivity (Wildman–Crippen MR) is 94.0 cm³/mol. The minimum Gasteiger partial charge on any atom is -0.384 e. The standard InChI is InChI=1S/C16H25N3O4S/c1-18-7-9-19(10-8-18)13-16(20)14-3-5-15(6-4-14)17-24(21,22)12-11-23-2/h3-6,17H,7-13H2,1-2H3. The Balaban J connectivity index is 1.90. The van der Waals surface area contributed by atoms with E-state index in [1.807, 2.05) is 0 Å². The summed E-state index contributed by atoms with van der Waals surface area (Å²) in [5.74, 6) is -0.0542. The fourth-order valence-corrected chi connectivity index (χ4v) is 3.43. The maximum atomic E-state index is 12.3. The lowest BCUT2D eigenvalue weighted by atomic mass is 10.1. The first-order valence-electron chi connectivity index (χ1n) is 7.93. The average molecular weight is 355 g/mol. The lowest BCUT2D eigenvalue weighted by Crippen LogP contribution is -2.46. The topological polar surface area (TPSA) is 78.9 Å². The Hall–Kier alpha value is -1.48. The highest BCUT2D eigenvalue weighted by Gasteiger charge is 2.17. The molecule has 7 nitrogen and oxygen atoms in total. The van der Waals surface area contributed by atoms with E-state index >= 15 is 0 Å². The number of carbonyl (C=O) groups is 1. The molecule has 1 aromatic rings. The molecule has 1 aliphatic heterocycles. The monoisotopic (exact) mass is 355 g/mol. The summed E-state index contributed by atoms with van der Waals surface area (Å²) >= 11 is 0. The van der Waals surface area contributed by atoms with Gasteiger partial charge in [-0.2, -0.15) is 0 Å². The molecule has 1 saturated heterocycles. The van der Waals surface area contributed by atoms with Gasteiger partial charge in [0.25, 0.3) is 0 Å². The highest BCUT2D eigenvalue weighted by Crippen LogP contribution is 2.13. The number of nitrogens with one attached hydrogen (secondary N) is 1. The summed E-state index contributed by atoms with van der Waals surface area (Å²) in [7, 11) is 0.0990. The number of likely N-dealkylation sites (N-methyl/N-ethyl adjacent to an activating group) is 1. The first kappa shape index (κ1) is 18.9. The van der Waals surface area contributed by atoms with Gasteiger partial charge in [0.1, 0.15) is 0 Å². The summed E-state index contributed by atoms with van der Waals surface area (Å²) in [5, 5.41) is 0. The van der Waals surface area contributed by atoms with Crippen molar-refractivity contribution in [2.75, 3.05) is 64.0 Å². The number of ether oxygens (including phenoxy) is 1. The Morgan fingerprint density at radius 2 is 1.79 bits per heavy atom. The van der Waals surface area contributed by atoms with Crippen LogP contribution >= 0.6 is 0 Å². The van der Waals surface area contributed by atoms with Crippen molar-refractivity contribution in [2.45, 2.75) is 0 Å². The lowest BCUT2D eigenvalue weighted by Gasteiger charge is -2.31. The molecule has 0 saturated carbocycles. The second-order valence-corrected chi connectivity index (χ2v) is 7.84. The Kier molecular flexibility index (Phi) is 6.73. The molecule has 2 rings (SSSR count). The van der Waals surface area contributed by atoms with Crippen molar-refractivity contribution >= 4 is 21.5 Å². The van der Waals surface area contributed by atoms with Gasteiger partial charge in [-0.25, -0.2) is 8.42 Å². The summed E-state index contributed by atoms with van der Waals surface area (Å²) in [5.41, 5.74) is 1.04. The van der Waals surface area contributed by atoms with Gasteiger partial charge >= 0.3 is 0 Å². The Morgan fingerprint density at radius 3 is 2.38 bits per heavy atom. The van der Waals surface area contributed by atoms with Crippen LogP contribution in [0.2, 0.25) is 0 Å². The predicted octanol–water partition coefficient (Wildman–Crippen LogP) is 0.505. The maximum Gasteiger partial charge on any atom is 0.234 e. The van der Waals surface area contributed by atoms with E-state index in [-0.39, 0.29) is 18.1 Å². The molecule has 0 radical (unpaired) electrons. The molecule has 1 N–H and O–H groups in total. The van der Waals surface area contributed by atoms with Crippen LogP contribution in [0.3, 0.4) is 0 Å². The van der Waals surface area contributed by atoms with E-state index in [0.717, 1.165) is 26.2 Å². The Labute approximate surface area is 143 Å². The van der Waals surface area contributed by atoms with Gasteiger partial charge in [-0.05, 0) is 31.3 Å². The molecule has 0 unspecified atom stereocenters. The lowest BCUT2D eigenvalue weighted by molar-refractivity contribution is 0.0876. The van der Waals surface area contributed by atoms with Crippen LogP contribution in [-0.2, 0) is 14.8 Å². The number of rotatable bonds is 8. The second kappa shape index (κ2) is 8.57. The fourth-order valence-electron chi connectivity index (χ4n) is 2.45. The fraction of sp³-hybridized carbons (Fsp3) is 0.562. The molecular formula is C16H25N3O4S. The van der Waals surface area contributed by atoms with Crippen LogP contribution in [0.25, 0.3) is 0 Å². The molecule has 1 heterocycles. The summed E-state index contributed by atoms with van der Waals surface area (Å²) in [6.45, 7) is 4.24. The summed E-state index contributed by atoms with van der Waals surface area (Å²) in [4.78, 5) is 16.7. The molecule has 1 aromatic carbocycles. The minimum absolute atomic E-state index is 0.0494. The van der Waals surface area contributed by atoms with E-state index in [0.29, 0.717) is 17.8 Å². The maximum absolute atomic E-state index is 12.3. The van der Waals surface area contributed by atoms with Crippen molar-refractivity contribution < 1.29 is 17.9 Å². The van der Waals surface area contributed by atoms with E-state index < -0.39 is 10.0 Å². The molecule has 0 bridgehead atoms. The third-order valence-electron chi connectivity index (χ3n) is 4.00. The number of hydrogen-bond acceptors (Lipinski definition) is 6. The van der Waals surface area contributed by atoms with Gasteiger partial charge in [0.05, 0.1) is 18.9 Å². The number of piperazine rings is 1. The minimum atomic E-state index is -3.43. The number of carbonyl (C=O) groups excluding carboxylic acids is 1. The Bertz CT molecular complexity index is 638. The quantitative estimate of drug-likeness (QED) is 0.685. The van der Waals surface area contributed by atoms with Crippen LogP contribution in [0.1, 0.15) is 10.4 Å². The van der Waals surface area contributed by atoms with Gasteiger partial charge in [-0.15, -0.1) is 0 Å². The van der Waals surface area contributed by atoms with Crippen LogP contribution in [0.5, 0.6) is 0 Å². The third kappa shape index (κ3) is 5.86. The van der Waals surface area contributed by atoms with Crippen LogP contribution in [0.15, 0.2) is 24.3 Å². The number of methoxy groups -OCH3 is 1. The van der Waals surface area contributed by atoms with Gasteiger partial charge in [0, 0.05) is 44.5 Å². The van der Waals surface area contributed by atoms with E-state index in [1.54, 1.807) is 24.3 Å².